The fourth-order valence-electron chi connectivity index (χ4n) is 2.44. The van der Waals surface area contributed by atoms with E-state index in [2.05, 4.69) is 5.16 Å². The van der Waals surface area contributed by atoms with Crippen LogP contribution in [0.25, 0.3) is 10.1 Å². The first-order chi connectivity index (χ1) is 10.5. The monoisotopic (exact) mass is 318 g/mol. The van der Waals surface area contributed by atoms with Gasteiger partial charge in [0.2, 0.25) is 0 Å². The molecular formula is C16H15FN2O2S. The summed E-state index contributed by atoms with van der Waals surface area (Å²) in [6.45, 7) is 3.94. The van der Waals surface area contributed by atoms with Crippen LogP contribution in [0.4, 0.5) is 4.39 Å². The fraction of sp³-hybridized carbons (Fsp3) is 0.250. The number of aromatic nitrogens is 1. The first kappa shape index (κ1) is 14.7. The molecule has 1 amide bonds. The van der Waals surface area contributed by atoms with Crippen molar-refractivity contribution < 1.29 is 13.7 Å². The molecule has 2 heterocycles. The Hall–Kier alpha value is -2.21. The van der Waals surface area contributed by atoms with E-state index in [0.717, 1.165) is 4.70 Å². The molecule has 0 saturated carbocycles. The molecule has 1 aromatic carbocycles. The lowest BCUT2D eigenvalue weighted by Crippen LogP contribution is -2.26. The van der Waals surface area contributed by atoms with Crippen LogP contribution in [0.2, 0.25) is 0 Å². The fourth-order valence-corrected chi connectivity index (χ4v) is 3.66. The van der Waals surface area contributed by atoms with Crippen LogP contribution in [-0.2, 0) is 6.54 Å². The second-order valence-corrected chi connectivity index (χ2v) is 6.31. The summed E-state index contributed by atoms with van der Waals surface area (Å²) in [7, 11) is 1.70. The van der Waals surface area contributed by atoms with Gasteiger partial charge in [-0.1, -0.05) is 11.2 Å². The highest BCUT2D eigenvalue weighted by molar-refractivity contribution is 7.21. The van der Waals surface area contributed by atoms with E-state index in [1.54, 1.807) is 37.9 Å². The summed E-state index contributed by atoms with van der Waals surface area (Å²) in [5.41, 5.74) is 1.38. The van der Waals surface area contributed by atoms with E-state index in [0.29, 0.717) is 33.8 Å². The Morgan fingerprint density at radius 1 is 1.41 bits per heavy atom. The summed E-state index contributed by atoms with van der Waals surface area (Å²) in [6.07, 6.45) is 0. The number of carbonyl (C=O) groups is 1. The lowest BCUT2D eigenvalue weighted by molar-refractivity contribution is 0.0786. The molecule has 22 heavy (non-hydrogen) atoms. The van der Waals surface area contributed by atoms with Crippen LogP contribution < -0.4 is 0 Å². The van der Waals surface area contributed by atoms with Crippen LogP contribution in [0.1, 0.15) is 26.7 Å². The molecule has 4 nitrogen and oxygen atoms in total. The number of carbonyl (C=O) groups excluding carboxylic acids is 1. The van der Waals surface area contributed by atoms with Gasteiger partial charge in [-0.3, -0.25) is 4.79 Å². The minimum absolute atomic E-state index is 0.140. The zero-order valence-corrected chi connectivity index (χ0v) is 13.3. The number of aryl methyl sites for hydroxylation is 2. The highest BCUT2D eigenvalue weighted by Crippen LogP contribution is 2.33. The second-order valence-electron chi connectivity index (χ2n) is 5.26. The number of halogens is 1. The van der Waals surface area contributed by atoms with Crippen molar-refractivity contribution in [3.63, 3.8) is 0 Å². The van der Waals surface area contributed by atoms with Gasteiger partial charge in [-0.05, 0) is 31.5 Å². The molecule has 0 saturated heterocycles. The average Bonchev–Trinajstić information content (AvgIpc) is 3.03. The summed E-state index contributed by atoms with van der Waals surface area (Å²) < 4.78 is 19.7. The van der Waals surface area contributed by atoms with Gasteiger partial charge in [0, 0.05) is 23.2 Å². The molecule has 0 bridgehead atoms. The molecular weight excluding hydrogens is 303 g/mol. The predicted molar refractivity (Wildman–Crippen MR) is 83.6 cm³/mol. The Labute approximate surface area is 131 Å². The van der Waals surface area contributed by atoms with Crippen molar-refractivity contribution in [2.45, 2.75) is 20.4 Å². The number of amides is 1. The molecule has 0 atom stereocenters. The number of rotatable bonds is 3. The first-order valence-electron chi connectivity index (χ1n) is 6.82. The number of hydrogen-bond acceptors (Lipinski definition) is 4. The molecule has 0 N–H and O–H groups in total. The maximum atomic E-state index is 13.9. The van der Waals surface area contributed by atoms with Crippen molar-refractivity contribution in [1.82, 2.24) is 10.1 Å². The van der Waals surface area contributed by atoms with Gasteiger partial charge in [0.1, 0.15) is 17.3 Å². The van der Waals surface area contributed by atoms with Crippen molar-refractivity contribution in [3.8, 4) is 0 Å². The summed E-state index contributed by atoms with van der Waals surface area (Å²) in [4.78, 5) is 14.7. The number of thiophene rings is 1. The van der Waals surface area contributed by atoms with Gasteiger partial charge in [-0.15, -0.1) is 11.3 Å². The Kier molecular flexibility index (Phi) is 3.70. The van der Waals surface area contributed by atoms with Crippen LogP contribution >= 0.6 is 11.3 Å². The molecule has 0 spiro atoms. The molecule has 6 heteroatoms. The van der Waals surface area contributed by atoms with Crippen LogP contribution in [0.5, 0.6) is 0 Å². The summed E-state index contributed by atoms with van der Waals surface area (Å²) >= 11 is 1.32. The quantitative estimate of drug-likeness (QED) is 0.735. The zero-order chi connectivity index (χ0) is 15.9. The van der Waals surface area contributed by atoms with Crippen LogP contribution in [0, 0.1) is 19.7 Å². The van der Waals surface area contributed by atoms with Gasteiger partial charge in [0.25, 0.3) is 5.91 Å². The molecule has 0 radical (unpaired) electrons. The maximum absolute atomic E-state index is 13.9. The summed E-state index contributed by atoms with van der Waals surface area (Å²) in [6, 6.07) is 6.69. The average molecular weight is 318 g/mol. The van der Waals surface area contributed by atoms with Gasteiger partial charge in [-0.25, -0.2) is 4.39 Å². The summed E-state index contributed by atoms with van der Waals surface area (Å²) in [5, 5.41) is 4.41. The third kappa shape index (κ3) is 2.50. The molecule has 0 fully saturated rings. The normalized spacial score (nSPS) is 11.1. The first-order valence-corrected chi connectivity index (χ1v) is 7.64. The number of nitrogens with zero attached hydrogens (tertiary/aromatic N) is 2. The maximum Gasteiger partial charge on any atom is 0.264 e. The Morgan fingerprint density at radius 3 is 2.82 bits per heavy atom. The lowest BCUT2D eigenvalue weighted by Gasteiger charge is -2.14. The van der Waals surface area contributed by atoms with Gasteiger partial charge >= 0.3 is 0 Å². The number of hydrogen-bond donors (Lipinski definition) is 0. The second kappa shape index (κ2) is 5.53. The molecule has 0 unspecified atom stereocenters. The van der Waals surface area contributed by atoms with E-state index in [9.17, 15) is 9.18 Å². The van der Waals surface area contributed by atoms with E-state index in [1.807, 2.05) is 6.07 Å². The molecule has 0 aliphatic carbocycles. The number of benzene rings is 1. The van der Waals surface area contributed by atoms with Crippen LogP contribution in [0.15, 0.2) is 28.8 Å². The smallest absolute Gasteiger partial charge is 0.264 e. The minimum Gasteiger partial charge on any atom is -0.361 e. The molecule has 3 rings (SSSR count). The molecule has 0 aliphatic rings. The third-order valence-electron chi connectivity index (χ3n) is 3.52. The van der Waals surface area contributed by atoms with E-state index < -0.39 is 0 Å². The van der Waals surface area contributed by atoms with Crippen molar-refractivity contribution in [1.29, 1.82) is 0 Å². The molecule has 114 valence electrons. The summed E-state index contributed by atoms with van der Waals surface area (Å²) in [5.74, 6) is 0.273. The van der Waals surface area contributed by atoms with Crippen LogP contribution in [-0.4, -0.2) is 23.0 Å². The van der Waals surface area contributed by atoms with Crippen LogP contribution in [0.3, 0.4) is 0 Å². The Morgan fingerprint density at radius 2 is 2.18 bits per heavy atom. The number of fused-ring (bicyclic) bond motifs is 1. The molecule has 2 aromatic heterocycles. The highest BCUT2D eigenvalue weighted by Gasteiger charge is 2.21. The Bertz CT molecular complexity index is 853. The lowest BCUT2D eigenvalue weighted by atomic mass is 10.1. The predicted octanol–water partition coefficient (Wildman–Crippen LogP) is 3.92. The van der Waals surface area contributed by atoms with Gasteiger partial charge in [-0.2, -0.15) is 0 Å². The zero-order valence-electron chi connectivity index (χ0n) is 12.5. The van der Waals surface area contributed by atoms with Crippen molar-refractivity contribution in [2.24, 2.45) is 0 Å². The van der Waals surface area contributed by atoms with E-state index >= 15 is 0 Å². The van der Waals surface area contributed by atoms with E-state index in [1.165, 1.54) is 17.4 Å². The molecule has 3 aromatic rings. The van der Waals surface area contributed by atoms with E-state index in [4.69, 9.17) is 4.52 Å². The van der Waals surface area contributed by atoms with Crippen molar-refractivity contribution in [3.05, 3.63) is 52.0 Å². The topological polar surface area (TPSA) is 46.3 Å². The van der Waals surface area contributed by atoms with Gasteiger partial charge in [0.15, 0.2) is 0 Å². The van der Waals surface area contributed by atoms with Gasteiger partial charge < -0.3 is 9.42 Å². The van der Waals surface area contributed by atoms with Crippen molar-refractivity contribution in [2.75, 3.05) is 7.05 Å². The molecule has 0 aliphatic heterocycles. The SMILES string of the molecule is Cc1cc(CN(C)C(=O)c2sc3cccc(F)c3c2C)no1. The van der Waals surface area contributed by atoms with E-state index in [-0.39, 0.29) is 11.7 Å². The highest BCUT2D eigenvalue weighted by atomic mass is 32.1. The standard InChI is InChI=1S/C16H15FN2O2S/c1-9-7-11(18-21-9)8-19(3)16(20)15-10(2)14-12(17)5-4-6-13(14)22-15/h4-7H,8H2,1-3H3. The van der Waals surface area contributed by atoms with Gasteiger partial charge in [0.05, 0.1) is 11.4 Å². The van der Waals surface area contributed by atoms with Crippen molar-refractivity contribution >= 4 is 27.3 Å². The largest absolute Gasteiger partial charge is 0.361 e. The third-order valence-corrected chi connectivity index (χ3v) is 4.76. The Balaban J connectivity index is 1.91. The minimum atomic E-state index is -0.292.